The van der Waals surface area contributed by atoms with E-state index in [2.05, 4.69) is 5.32 Å². The topological polar surface area (TPSA) is 98.2 Å². The molecule has 2 unspecified atom stereocenters. The summed E-state index contributed by atoms with van der Waals surface area (Å²) in [6.45, 7) is 0. The van der Waals surface area contributed by atoms with Crippen molar-refractivity contribution in [1.29, 1.82) is 0 Å². The number of rotatable bonds is 4. The third kappa shape index (κ3) is 4.72. The van der Waals surface area contributed by atoms with Crippen LogP contribution in [0.25, 0.3) is 0 Å². The van der Waals surface area contributed by atoms with Crippen LogP contribution in [0.15, 0.2) is 24.3 Å². The van der Waals surface area contributed by atoms with E-state index in [1.165, 1.54) is 0 Å². The van der Waals surface area contributed by atoms with Crippen molar-refractivity contribution in [1.82, 2.24) is 0 Å². The molecule has 0 aliphatic heterocycles. The Morgan fingerprint density at radius 2 is 1.86 bits per heavy atom. The number of halogens is 1. The summed E-state index contributed by atoms with van der Waals surface area (Å²) in [4.78, 5) is 23.4. The molecule has 116 valence electrons. The highest BCUT2D eigenvalue weighted by atomic mass is 35.5. The number of benzene rings is 1. The van der Waals surface area contributed by atoms with Gasteiger partial charge in [0.2, 0.25) is 5.91 Å². The van der Waals surface area contributed by atoms with Gasteiger partial charge in [0.05, 0.1) is 11.3 Å². The van der Waals surface area contributed by atoms with E-state index in [4.69, 9.17) is 11.5 Å². The molecule has 2 rings (SSSR count). The van der Waals surface area contributed by atoms with Crippen LogP contribution in [-0.2, 0) is 4.79 Å². The van der Waals surface area contributed by atoms with Gasteiger partial charge in [0, 0.05) is 12.5 Å². The summed E-state index contributed by atoms with van der Waals surface area (Å²) in [6.07, 6.45) is 4.64. The molecule has 1 saturated carbocycles. The van der Waals surface area contributed by atoms with E-state index >= 15 is 0 Å². The summed E-state index contributed by atoms with van der Waals surface area (Å²) in [7, 11) is 0. The molecule has 1 aromatic rings. The van der Waals surface area contributed by atoms with Crippen molar-refractivity contribution >= 4 is 29.9 Å². The van der Waals surface area contributed by atoms with Crippen LogP contribution in [0.2, 0.25) is 0 Å². The molecule has 1 aromatic carbocycles. The monoisotopic (exact) mass is 311 g/mol. The predicted octanol–water partition coefficient (Wildman–Crippen LogP) is 2.05. The van der Waals surface area contributed by atoms with Crippen LogP contribution in [0.5, 0.6) is 0 Å². The number of hydrogen-bond acceptors (Lipinski definition) is 3. The number of hydrogen-bond donors (Lipinski definition) is 3. The summed E-state index contributed by atoms with van der Waals surface area (Å²) < 4.78 is 0. The lowest BCUT2D eigenvalue weighted by Crippen LogP contribution is -2.35. The van der Waals surface area contributed by atoms with Gasteiger partial charge in [-0.3, -0.25) is 9.59 Å². The van der Waals surface area contributed by atoms with Gasteiger partial charge in [-0.25, -0.2) is 0 Å². The van der Waals surface area contributed by atoms with Crippen LogP contribution in [0, 0.1) is 5.92 Å². The second-order valence-electron chi connectivity index (χ2n) is 5.37. The summed E-state index contributed by atoms with van der Waals surface area (Å²) >= 11 is 0. The lowest BCUT2D eigenvalue weighted by atomic mass is 9.83. The first-order valence-electron chi connectivity index (χ1n) is 7.02. The molecule has 6 heteroatoms. The van der Waals surface area contributed by atoms with Crippen LogP contribution < -0.4 is 16.8 Å². The smallest absolute Gasteiger partial charge is 0.250 e. The van der Waals surface area contributed by atoms with Gasteiger partial charge in [0.25, 0.3) is 5.91 Å². The first-order valence-corrected chi connectivity index (χ1v) is 7.02. The van der Waals surface area contributed by atoms with E-state index in [9.17, 15) is 9.59 Å². The number of carbonyl (C=O) groups excluding carboxylic acids is 2. The number of anilines is 1. The molecular weight excluding hydrogens is 290 g/mol. The van der Waals surface area contributed by atoms with Crippen LogP contribution in [0.1, 0.15) is 42.5 Å². The number of amides is 2. The maximum absolute atomic E-state index is 12.1. The van der Waals surface area contributed by atoms with E-state index < -0.39 is 5.91 Å². The zero-order valence-corrected chi connectivity index (χ0v) is 12.7. The zero-order valence-electron chi connectivity index (χ0n) is 11.9. The normalized spacial score (nSPS) is 21.2. The SMILES string of the molecule is Cl.NC(=O)c1ccccc1NC(=O)CC1CCCCC1N. The Morgan fingerprint density at radius 3 is 2.52 bits per heavy atom. The molecule has 2 amide bonds. The molecule has 1 aliphatic carbocycles. The van der Waals surface area contributed by atoms with Crippen molar-refractivity contribution in [3.63, 3.8) is 0 Å². The third-order valence-electron chi connectivity index (χ3n) is 3.88. The van der Waals surface area contributed by atoms with Crippen molar-refractivity contribution in [2.75, 3.05) is 5.32 Å². The van der Waals surface area contributed by atoms with Gasteiger partial charge in [0.1, 0.15) is 0 Å². The largest absolute Gasteiger partial charge is 0.366 e. The maximum Gasteiger partial charge on any atom is 0.250 e. The molecule has 0 bridgehead atoms. The first kappa shape index (κ1) is 17.5. The lowest BCUT2D eigenvalue weighted by molar-refractivity contribution is -0.117. The number of carbonyl (C=O) groups is 2. The highest BCUT2D eigenvalue weighted by Gasteiger charge is 2.24. The van der Waals surface area contributed by atoms with Gasteiger partial charge in [0.15, 0.2) is 0 Å². The van der Waals surface area contributed by atoms with Crippen molar-refractivity contribution < 1.29 is 9.59 Å². The molecule has 1 fully saturated rings. The Morgan fingerprint density at radius 1 is 1.19 bits per heavy atom. The van der Waals surface area contributed by atoms with Crippen molar-refractivity contribution in [2.45, 2.75) is 38.1 Å². The fourth-order valence-corrected chi connectivity index (χ4v) is 2.74. The Labute approximate surface area is 130 Å². The average Bonchev–Trinajstić information content (AvgIpc) is 2.41. The molecule has 5 nitrogen and oxygen atoms in total. The summed E-state index contributed by atoms with van der Waals surface area (Å²) in [5.41, 5.74) is 12.1. The Bertz CT molecular complexity index is 507. The maximum atomic E-state index is 12.1. The highest BCUT2D eigenvalue weighted by Crippen LogP contribution is 2.26. The van der Waals surface area contributed by atoms with Crippen LogP contribution in [-0.4, -0.2) is 17.9 Å². The standard InChI is InChI=1S/C15H21N3O2.ClH/c16-12-7-3-1-5-10(12)9-14(19)18-13-8-4-2-6-11(13)15(17)20;/h2,4,6,8,10,12H,1,3,5,7,9,16H2,(H2,17,20)(H,18,19);1H. The summed E-state index contributed by atoms with van der Waals surface area (Å²) in [5, 5.41) is 2.76. The molecule has 0 radical (unpaired) electrons. The lowest BCUT2D eigenvalue weighted by Gasteiger charge is -2.28. The first-order chi connectivity index (χ1) is 9.58. The van der Waals surface area contributed by atoms with E-state index in [0.29, 0.717) is 17.7 Å². The minimum atomic E-state index is -0.546. The number of nitrogens with one attached hydrogen (secondary N) is 1. The van der Waals surface area contributed by atoms with Gasteiger partial charge in [-0.1, -0.05) is 25.0 Å². The average molecular weight is 312 g/mol. The van der Waals surface area contributed by atoms with Gasteiger partial charge in [-0.2, -0.15) is 0 Å². The van der Waals surface area contributed by atoms with Gasteiger partial charge in [-0.15, -0.1) is 12.4 Å². The van der Waals surface area contributed by atoms with Crippen molar-refractivity contribution in [2.24, 2.45) is 17.4 Å². The molecule has 0 saturated heterocycles. The quantitative estimate of drug-likeness (QED) is 0.793. The van der Waals surface area contributed by atoms with Crippen LogP contribution in [0.4, 0.5) is 5.69 Å². The summed E-state index contributed by atoms with van der Waals surface area (Å²) in [5.74, 6) is -0.430. The van der Waals surface area contributed by atoms with E-state index in [1.807, 2.05) is 0 Å². The Kier molecular flexibility index (Phi) is 6.65. The fraction of sp³-hybridized carbons (Fsp3) is 0.467. The number of nitrogens with two attached hydrogens (primary N) is 2. The molecule has 1 aliphatic rings. The number of para-hydroxylation sites is 1. The zero-order chi connectivity index (χ0) is 14.5. The molecule has 0 spiro atoms. The van der Waals surface area contributed by atoms with Gasteiger partial charge >= 0.3 is 0 Å². The fourth-order valence-electron chi connectivity index (χ4n) is 2.74. The molecule has 5 N–H and O–H groups in total. The van der Waals surface area contributed by atoms with Crippen LogP contribution in [0.3, 0.4) is 0 Å². The van der Waals surface area contributed by atoms with Crippen molar-refractivity contribution in [3.8, 4) is 0 Å². The molecule has 21 heavy (non-hydrogen) atoms. The Hall–Kier alpha value is -1.59. The van der Waals surface area contributed by atoms with Crippen LogP contribution >= 0.6 is 12.4 Å². The minimum Gasteiger partial charge on any atom is -0.366 e. The van der Waals surface area contributed by atoms with Gasteiger partial charge in [-0.05, 0) is 30.9 Å². The van der Waals surface area contributed by atoms with E-state index in [1.54, 1.807) is 24.3 Å². The highest BCUT2D eigenvalue weighted by molar-refractivity contribution is 6.03. The van der Waals surface area contributed by atoms with Gasteiger partial charge < -0.3 is 16.8 Å². The minimum absolute atomic E-state index is 0. The second-order valence-corrected chi connectivity index (χ2v) is 5.37. The molecular formula is C15H22ClN3O2. The van der Waals surface area contributed by atoms with Crippen molar-refractivity contribution in [3.05, 3.63) is 29.8 Å². The predicted molar refractivity (Wildman–Crippen MR) is 85.4 cm³/mol. The Balaban J connectivity index is 0.00000220. The van der Waals surface area contributed by atoms with E-state index in [-0.39, 0.29) is 30.3 Å². The number of primary amides is 1. The molecule has 0 heterocycles. The molecule has 2 atom stereocenters. The molecule has 0 aromatic heterocycles. The second kappa shape index (κ2) is 8.00. The van der Waals surface area contributed by atoms with E-state index in [0.717, 1.165) is 25.7 Å². The summed E-state index contributed by atoms with van der Waals surface area (Å²) in [6, 6.07) is 6.85. The third-order valence-corrected chi connectivity index (χ3v) is 3.88.